The summed E-state index contributed by atoms with van der Waals surface area (Å²) in [5.41, 5.74) is 1.55. The lowest BCUT2D eigenvalue weighted by molar-refractivity contribution is -0.136. The van der Waals surface area contributed by atoms with Gasteiger partial charge < -0.3 is 5.32 Å². The maximum absolute atomic E-state index is 12.8. The minimum absolute atomic E-state index is 0.0000926. The highest BCUT2D eigenvalue weighted by Crippen LogP contribution is 2.36. The number of hydrogen-bond acceptors (Lipinski definition) is 3. The molecule has 0 amide bonds. The summed E-state index contributed by atoms with van der Waals surface area (Å²) in [6.07, 6.45) is -4.44. The van der Waals surface area contributed by atoms with E-state index in [9.17, 15) is 13.2 Å². The molecule has 2 nitrogen and oxygen atoms in total. The minimum atomic E-state index is -4.44. The van der Waals surface area contributed by atoms with Crippen LogP contribution in [0.25, 0.3) is 0 Å². The molecule has 0 spiro atoms. The van der Waals surface area contributed by atoms with Crippen molar-refractivity contribution in [2.75, 3.05) is 5.32 Å². The number of benzene rings is 1. The van der Waals surface area contributed by atoms with Gasteiger partial charge in [-0.15, -0.1) is 11.3 Å². The molecular formula is C11H8ClF3N2S. The summed E-state index contributed by atoms with van der Waals surface area (Å²) in [7, 11) is 0. The first-order valence-electron chi connectivity index (χ1n) is 4.94. The molecule has 0 aliphatic rings. The molecule has 96 valence electrons. The number of nitrogens with zero attached hydrogens (tertiary/aromatic N) is 1. The number of aromatic nitrogens is 1. The maximum Gasteiger partial charge on any atom is 0.418 e. The maximum atomic E-state index is 12.8. The predicted octanol–water partition coefficient (Wildman–Crippen LogP) is 4.43. The second kappa shape index (κ2) is 5.16. The van der Waals surface area contributed by atoms with E-state index in [4.69, 9.17) is 11.6 Å². The third-order valence-electron chi connectivity index (χ3n) is 2.23. The van der Waals surface area contributed by atoms with E-state index in [1.54, 1.807) is 10.9 Å². The van der Waals surface area contributed by atoms with Crippen LogP contribution in [0.3, 0.4) is 0 Å². The molecule has 0 unspecified atom stereocenters. The van der Waals surface area contributed by atoms with Crippen LogP contribution >= 0.6 is 22.9 Å². The highest BCUT2D eigenvalue weighted by molar-refractivity contribution is 7.07. The highest BCUT2D eigenvalue weighted by atomic mass is 35.5. The molecule has 7 heteroatoms. The Labute approximate surface area is 110 Å². The van der Waals surface area contributed by atoms with E-state index in [0.29, 0.717) is 5.69 Å². The molecule has 0 aliphatic heterocycles. The Hall–Kier alpha value is -1.27. The van der Waals surface area contributed by atoms with Crippen molar-refractivity contribution >= 4 is 28.6 Å². The first-order chi connectivity index (χ1) is 8.47. The van der Waals surface area contributed by atoms with Crippen molar-refractivity contribution in [3.05, 3.63) is 45.4 Å². The van der Waals surface area contributed by atoms with E-state index in [0.717, 1.165) is 6.07 Å². The topological polar surface area (TPSA) is 24.9 Å². The standard InChI is InChI=1S/C11H8ClF3N2S/c12-7-1-2-10(9(3-7)11(13,14)15)16-4-8-5-18-6-17-8/h1-3,5-6,16H,4H2. The van der Waals surface area contributed by atoms with Crippen LogP contribution in [0.15, 0.2) is 29.1 Å². The van der Waals surface area contributed by atoms with E-state index in [2.05, 4.69) is 10.3 Å². The molecule has 0 radical (unpaired) electrons. The fraction of sp³-hybridized carbons (Fsp3) is 0.182. The summed E-state index contributed by atoms with van der Waals surface area (Å²) >= 11 is 6.98. The van der Waals surface area contributed by atoms with E-state index in [-0.39, 0.29) is 17.3 Å². The van der Waals surface area contributed by atoms with Crippen molar-refractivity contribution in [3.63, 3.8) is 0 Å². The smallest absolute Gasteiger partial charge is 0.379 e. The van der Waals surface area contributed by atoms with Crippen molar-refractivity contribution in [1.82, 2.24) is 4.98 Å². The van der Waals surface area contributed by atoms with Gasteiger partial charge in [-0.25, -0.2) is 4.98 Å². The number of halogens is 4. The van der Waals surface area contributed by atoms with Crippen LogP contribution in [0.2, 0.25) is 5.02 Å². The predicted molar refractivity (Wildman–Crippen MR) is 65.9 cm³/mol. The van der Waals surface area contributed by atoms with Crippen molar-refractivity contribution in [3.8, 4) is 0 Å². The molecule has 2 rings (SSSR count). The molecule has 0 aliphatic carbocycles. The Bertz CT molecular complexity index is 526. The van der Waals surface area contributed by atoms with Crippen LogP contribution in [0, 0.1) is 0 Å². The van der Waals surface area contributed by atoms with Crippen LogP contribution in [-0.4, -0.2) is 4.98 Å². The van der Waals surface area contributed by atoms with Gasteiger partial charge >= 0.3 is 6.18 Å². The number of rotatable bonds is 3. The number of thiazole rings is 1. The monoisotopic (exact) mass is 292 g/mol. The molecule has 0 atom stereocenters. The fourth-order valence-corrected chi connectivity index (χ4v) is 2.15. The molecular weight excluding hydrogens is 285 g/mol. The SMILES string of the molecule is FC(F)(F)c1cc(Cl)ccc1NCc1cscn1. The molecule has 1 heterocycles. The van der Waals surface area contributed by atoms with Crippen LogP contribution in [0.1, 0.15) is 11.3 Å². The summed E-state index contributed by atoms with van der Waals surface area (Å²) < 4.78 is 38.3. The summed E-state index contributed by atoms with van der Waals surface area (Å²) in [6.45, 7) is 0.244. The lowest BCUT2D eigenvalue weighted by Gasteiger charge is -2.14. The van der Waals surface area contributed by atoms with Gasteiger partial charge in [0.2, 0.25) is 0 Å². The van der Waals surface area contributed by atoms with Gasteiger partial charge in [0, 0.05) is 16.1 Å². The Balaban J connectivity index is 2.22. The average Bonchev–Trinajstić information content (AvgIpc) is 2.79. The first-order valence-corrected chi connectivity index (χ1v) is 6.26. The van der Waals surface area contributed by atoms with Gasteiger partial charge in [0.25, 0.3) is 0 Å². The van der Waals surface area contributed by atoms with E-state index < -0.39 is 11.7 Å². The summed E-state index contributed by atoms with van der Waals surface area (Å²) in [4.78, 5) is 3.99. The van der Waals surface area contributed by atoms with E-state index in [1.165, 1.54) is 23.5 Å². The van der Waals surface area contributed by atoms with E-state index in [1.807, 2.05) is 0 Å². The zero-order valence-electron chi connectivity index (χ0n) is 8.96. The zero-order valence-corrected chi connectivity index (χ0v) is 10.5. The van der Waals surface area contributed by atoms with Gasteiger partial charge in [0.1, 0.15) is 0 Å². The van der Waals surface area contributed by atoms with Crippen molar-refractivity contribution < 1.29 is 13.2 Å². The third kappa shape index (κ3) is 3.14. The van der Waals surface area contributed by atoms with Crippen LogP contribution in [0.4, 0.5) is 18.9 Å². The van der Waals surface area contributed by atoms with Gasteiger partial charge in [0.15, 0.2) is 0 Å². The number of alkyl halides is 3. The molecule has 18 heavy (non-hydrogen) atoms. The van der Waals surface area contributed by atoms with Gasteiger partial charge in [-0.2, -0.15) is 13.2 Å². The van der Waals surface area contributed by atoms with Gasteiger partial charge in [-0.3, -0.25) is 0 Å². The fourth-order valence-electron chi connectivity index (χ4n) is 1.42. The Kier molecular flexibility index (Phi) is 3.77. The van der Waals surface area contributed by atoms with Gasteiger partial charge in [-0.1, -0.05) is 11.6 Å². The second-order valence-electron chi connectivity index (χ2n) is 3.52. The molecule has 1 N–H and O–H groups in total. The van der Waals surface area contributed by atoms with E-state index >= 15 is 0 Å². The van der Waals surface area contributed by atoms with Crippen LogP contribution in [-0.2, 0) is 12.7 Å². The van der Waals surface area contributed by atoms with Crippen LogP contribution in [0.5, 0.6) is 0 Å². The Morgan fingerprint density at radius 2 is 2.11 bits per heavy atom. The second-order valence-corrected chi connectivity index (χ2v) is 4.68. The Morgan fingerprint density at radius 3 is 2.72 bits per heavy atom. The third-order valence-corrected chi connectivity index (χ3v) is 3.10. The summed E-state index contributed by atoms with van der Waals surface area (Å²) in [5, 5.41) is 4.55. The first kappa shape index (κ1) is 13.2. The molecule has 2 aromatic rings. The summed E-state index contributed by atoms with van der Waals surface area (Å²) in [6, 6.07) is 3.64. The molecule has 0 bridgehead atoms. The van der Waals surface area contributed by atoms with Gasteiger partial charge in [-0.05, 0) is 18.2 Å². The van der Waals surface area contributed by atoms with Crippen molar-refractivity contribution in [2.24, 2.45) is 0 Å². The number of nitrogens with one attached hydrogen (secondary N) is 1. The lowest BCUT2D eigenvalue weighted by atomic mass is 10.1. The molecule has 0 saturated heterocycles. The van der Waals surface area contributed by atoms with Gasteiger partial charge in [0.05, 0.1) is 23.3 Å². The largest absolute Gasteiger partial charge is 0.418 e. The number of anilines is 1. The average molecular weight is 293 g/mol. The molecule has 1 aromatic carbocycles. The number of hydrogen-bond donors (Lipinski definition) is 1. The highest BCUT2D eigenvalue weighted by Gasteiger charge is 2.33. The quantitative estimate of drug-likeness (QED) is 0.905. The van der Waals surface area contributed by atoms with Crippen molar-refractivity contribution in [2.45, 2.75) is 12.7 Å². The normalized spacial score (nSPS) is 11.6. The minimum Gasteiger partial charge on any atom is -0.379 e. The molecule has 0 fully saturated rings. The van der Waals surface area contributed by atoms with Crippen LogP contribution < -0.4 is 5.32 Å². The molecule has 0 saturated carbocycles. The molecule has 1 aromatic heterocycles. The Morgan fingerprint density at radius 1 is 1.33 bits per heavy atom. The lowest BCUT2D eigenvalue weighted by Crippen LogP contribution is -2.11. The van der Waals surface area contributed by atoms with Crippen molar-refractivity contribution in [1.29, 1.82) is 0 Å². The summed E-state index contributed by atoms with van der Waals surface area (Å²) in [5.74, 6) is 0. The zero-order chi connectivity index (χ0) is 13.2.